The molecule has 0 radical (unpaired) electrons. The number of amides is 2. The quantitative estimate of drug-likeness (QED) is 0.458. The van der Waals surface area contributed by atoms with Crippen LogP contribution in [0.1, 0.15) is 43.4 Å². The number of ether oxygens (including phenoxy) is 3. The van der Waals surface area contributed by atoms with Crippen LogP contribution in [0.5, 0.6) is 11.5 Å². The van der Waals surface area contributed by atoms with Gasteiger partial charge in [-0.05, 0) is 49.1 Å². The van der Waals surface area contributed by atoms with E-state index in [0.29, 0.717) is 36.9 Å². The molecule has 1 aliphatic carbocycles. The summed E-state index contributed by atoms with van der Waals surface area (Å²) in [6.45, 7) is 5.82. The summed E-state index contributed by atoms with van der Waals surface area (Å²) in [5.74, 6) is 2.16. The van der Waals surface area contributed by atoms with Crippen molar-refractivity contribution < 1.29 is 28.2 Å². The number of rotatable bonds is 11. The summed E-state index contributed by atoms with van der Waals surface area (Å²) in [5, 5.41) is 0. The van der Waals surface area contributed by atoms with Crippen molar-refractivity contribution in [1.82, 2.24) is 14.7 Å². The number of benzene rings is 1. The van der Waals surface area contributed by atoms with Crippen molar-refractivity contribution in [2.24, 2.45) is 5.92 Å². The molecular weight excluding hydrogens is 474 g/mol. The minimum atomic E-state index is -0.0909. The zero-order chi connectivity index (χ0) is 25.5. The molecule has 3 aliphatic rings. The molecule has 2 fully saturated rings. The van der Waals surface area contributed by atoms with Crippen LogP contribution in [-0.2, 0) is 27.4 Å². The average Bonchev–Trinajstić information content (AvgIpc) is 3.71. The van der Waals surface area contributed by atoms with Crippen molar-refractivity contribution >= 4 is 11.8 Å². The molecule has 2 aliphatic heterocycles. The van der Waals surface area contributed by atoms with Crippen LogP contribution in [0.15, 0.2) is 41.0 Å². The fourth-order valence-corrected chi connectivity index (χ4v) is 5.35. The molecule has 2 aromatic rings. The molecule has 3 heterocycles. The largest absolute Gasteiger partial charge is 0.467 e. The van der Waals surface area contributed by atoms with Crippen LogP contribution < -0.4 is 9.47 Å². The molecule has 1 saturated heterocycles. The average molecular weight is 512 g/mol. The van der Waals surface area contributed by atoms with Crippen molar-refractivity contribution in [2.45, 2.75) is 45.2 Å². The van der Waals surface area contributed by atoms with E-state index in [4.69, 9.17) is 18.6 Å². The van der Waals surface area contributed by atoms with E-state index in [0.717, 1.165) is 70.5 Å². The van der Waals surface area contributed by atoms with E-state index in [1.165, 1.54) is 0 Å². The van der Waals surface area contributed by atoms with Gasteiger partial charge in [0.25, 0.3) is 0 Å². The lowest BCUT2D eigenvalue weighted by molar-refractivity contribution is -0.143. The van der Waals surface area contributed by atoms with Crippen LogP contribution in [0, 0.1) is 5.92 Å². The van der Waals surface area contributed by atoms with Crippen molar-refractivity contribution in [1.29, 1.82) is 0 Å². The van der Waals surface area contributed by atoms with Crippen LogP contribution in [0.25, 0.3) is 0 Å². The highest BCUT2D eigenvalue weighted by Gasteiger charge is 2.30. The molecule has 2 amide bonds. The van der Waals surface area contributed by atoms with Gasteiger partial charge in [-0.3, -0.25) is 14.5 Å². The van der Waals surface area contributed by atoms with Gasteiger partial charge in [0.1, 0.15) is 5.76 Å². The molecule has 0 atom stereocenters. The maximum absolute atomic E-state index is 13.7. The van der Waals surface area contributed by atoms with E-state index in [1.54, 1.807) is 16.1 Å². The zero-order valence-corrected chi connectivity index (χ0v) is 21.4. The topological polar surface area (TPSA) is 84.7 Å². The minimum Gasteiger partial charge on any atom is -0.467 e. The van der Waals surface area contributed by atoms with E-state index >= 15 is 0 Å². The summed E-state index contributed by atoms with van der Waals surface area (Å²) in [7, 11) is 0. The second-order valence-corrected chi connectivity index (χ2v) is 10.1. The number of fused-ring (bicyclic) bond motifs is 1. The number of morpholine rings is 1. The third-order valence-corrected chi connectivity index (χ3v) is 7.44. The molecule has 37 heavy (non-hydrogen) atoms. The van der Waals surface area contributed by atoms with Crippen LogP contribution in [0.2, 0.25) is 0 Å². The molecule has 5 rings (SSSR count). The van der Waals surface area contributed by atoms with Gasteiger partial charge in [0.2, 0.25) is 18.6 Å². The predicted octanol–water partition coefficient (Wildman–Crippen LogP) is 3.28. The predicted molar refractivity (Wildman–Crippen MR) is 136 cm³/mol. The van der Waals surface area contributed by atoms with Gasteiger partial charge in [-0.25, -0.2) is 0 Å². The first-order chi connectivity index (χ1) is 18.2. The van der Waals surface area contributed by atoms with Gasteiger partial charge in [-0.2, -0.15) is 0 Å². The fraction of sp³-hybridized carbons (Fsp3) is 0.571. The van der Waals surface area contributed by atoms with Crippen LogP contribution in [-0.4, -0.2) is 79.2 Å². The van der Waals surface area contributed by atoms with E-state index in [2.05, 4.69) is 4.90 Å². The lowest BCUT2D eigenvalue weighted by Gasteiger charge is -2.31. The van der Waals surface area contributed by atoms with Gasteiger partial charge in [0, 0.05) is 38.6 Å². The summed E-state index contributed by atoms with van der Waals surface area (Å²) in [6, 6.07) is 9.41. The van der Waals surface area contributed by atoms with Gasteiger partial charge in [-0.1, -0.05) is 18.9 Å². The van der Waals surface area contributed by atoms with E-state index < -0.39 is 0 Å². The highest BCUT2D eigenvalue weighted by atomic mass is 16.7. The van der Waals surface area contributed by atoms with Gasteiger partial charge >= 0.3 is 0 Å². The van der Waals surface area contributed by atoms with Crippen LogP contribution >= 0.6 is 0 Å². The number of hydrogen-bond acceptors (Lipinski definition) is 7. The smallest absolute Gasteiger partial charge is 0.242 e. The molecule has 1 aromatic heterocycles. The Morgan fingerprint density at radius 1 is 0.973 bits per heavy atom. The molecule has 0 unspecified atom stereocenters. The summed E-state index contributed by atoms with van der Waals surface area (Å²) < 4.78 is 22.0. The molecular formula is C28H37N3O6. The van der Waals surface area contributed by atoms with Crippen molar-refractivity contribution in [3.63, 3.8) is 0 Å². The van der Waals surface area contributed by atoms with E-state index in [9.17, 15) is 9.59 Å². The zero-order valence-electron chi connectivity index (χ0n) is 21.4. The maximum atomic E-state index is 13.7. The Morgan fingerprint density at radius 2 is 1.78 bits per heavy atom. The summed E-state index contributed by atoms with van der Waals surface area (Å²) in [5.41, 5.74) is 0.935. The highest BCUT2D eigenvalue weighted by Crippen LogP contribution is 2.33. The molecule has 9 nitrogen and oxygen atoms in total. The molecule has 1 aromatic carbocycles. The molecule has 0 N–H and O–H groups in total. The Kier molecular flexibility index (Phi) is 8.63. The second kappa shape index (κ2) is 12.5. The second-order valence-electron chi connectivity index (χ2n) is 10.1. The SMILES string of the molecule is O=C(CN(CCCN1CCOCC1)C(=O)C1CCCC1)N(Cc1ccc2c(c1)OCO2)Cc1ccco1. The Hall–Kier alpha value is -3.04. The van der Waals surface area contributed by atoms with Crippen LogP contribution in [0.3, 0.4) is 0 Å². The summed E-state index contributed by atoms with van der Waals surface area (Å²) in [4.78, 5) is 33.1. The summed E-state index contributed by atoms with van der Waals surface area (Å²) in [6.07, 6.45) is 6.45. The van der Waals surface area contributed by atoms with E-state index in [-0.39, 0.29) is 31.1 Å². The first kappa shape index (κ1) is 25.6. The Balaban J connectivity index is 1.27. The third-order valence-electron chi connectivity index (χ3n) is 7.44. The minimum absolute atomic E-state index is 0.0311. The molecule has 0 spiro atoms. The first-order valence-electron chi connectivity index (χ1n) is 13.4. The molecule has 9 heteroatoms. The number of carbonyl (C=O) groups is 2. The number of nitrogens with zero attached hydrogens (tertiary/aromatic N) is 3. The third kappa shape index (κ3) is 6.84. The highest BCUT2D eigenvalue weighted by molar-refractivity contribution is 5.86. The molecule has 200 valence electrons. The lowest BCUT2D eigenvalue weighted by atomic mass is 10.1. The van der Waals surface area contributed by atoms with E-state index in [1.807, 2.05) is 30.3 Å². The van der Waals surface area contributed by atoms with Gasteiger partial charge in [0.05, 0.1) is 32.6 Å². The maximum Gasteiger partial charge on any atom is 0.242 e. The van der Waals surface area contributed by atoms with Crippen molar-refractivity contribution in [2.75, 3.05) is 52.7 Å². The number of furan rings is 1. The van der Waals surface area contributed by atoms with Crippen molar-refractivity contribution in [3.8, 4) is 11.5 Å². The molecule has 0 bridgehead atoms. The van der Waals surface area contributed by atoms with Crippen molar-refractivity contribution in [3.05, 3.63) is 47.9 Å². The normalized spacial score (nSPS) is 17.7. The fourth-order valence-electron chi connectivity index (χ4n) is 5.35. The number of carbonyl (C=O) groups excluding carboxylic acids is 2. The Bertz CT molecular complexity index is 1030. The monoisotopic (exact) mass is 511 g/mol. The van der Waals surface area contributed by atoms with Gasteiger partial charge < -0.3 is 28.4 Å². The van der Waals surface area contributed by atoms with Gasteiger partial charge in [0.15, 0.2) is 11.5 Å². The molecule has 1 saturated carbocycles. The Labute approximate surface area is 218 Å². The van der Waals surface area contributed by atoms with Crippen LogP contribution in [0.4, 0.5) is 0 Å². The number of hydrogen-bond donors (Lipinski definition) is 0. The summed E-state index contributed by atoms with van der Waals surface area (Å²) >= 11 is 0. The lowest BCUT2D eigenvalue weighted by Crippen LogP contribution is -2.45. The first-order valence-corrected chi connectivity index (χ1v) is 13.4. The van der Waals surface area contributed by atoms with Gasteiger partial charge in [-0.15, -0.1) is 0 Å². The standard InChI is InChI=1S/C28H37N3O6/c32-27(20-30(28(33)23-5-1-2-6-23)11-4-10-29-12-15-34-16-13-29)31(19-24-7-3-14-35-24)18-22-8-9-25-26(17-22)37-21-36-25/h3,7-9,14,17,23H,1-2,4-6,10-13,15-16,18-21H2. The Morgan fingerprint density at radius 3 is 2.57 bits per heavy atom.